The van der Waals surface area contributed by atoms with Crippen molar-refractivity contribution in [2.75, 3.05) is 27.3 Å². The molecule has 20 heavy (non-hydrogen) atoms. The Balaban J connectivity index is 2.12. The highest BCUT2D eigenvalue weighted by molar-refractivity contribution is 5.90. The molecule has 1 heterocycles. The Labute approximate surface area is 120 Å². The van der Waals surface area contributed by atoms with Crippen LogP contribution >= 0.6 is 0 Å². The van der Waals surface area contributed by atoms with E-state index in [0.717, 1.165) is 38.0 Å². The SMILES string of the molecule is COC(=O)c1ccccc1CN1CCCC(C)(OC)C1. The van der Waals surface area contributed by atoms with Crippen molar-refractivity contribution in [3.8, 4) is 0 Å². The maximum Gasteiger partial charge on any atom is 0.338 e. The van der Waals surface area contributed by atoms with Gasteiger partial charge in [-0.2, -0.15) is 0 Å². The van der Waals surface area contributed by atoms with Gasteiger partial charge in [0.2, 0.25) is 0 Å². The standard InChI is InChI=1S/C16H23NO3/c1-16(20-3)9-6-10-17(12-16)11-13-7-4-5-8-14(13)15(18)19-2/h4-5,7-8H,6,9-12H2,1-3H3. The summed E-state index contributed by atoms with van der Waals surface area (Å²) in [6.07, 6.45) is 2.20. The Morgan fingerprint density at radius 2 is 2.10 bits per heavy atom. The number of piperidine rings is 1. The van der Waals surface area contributed by atoms with Crippen molar-refractivity contribution in [2.45, 2.75) is 31.9 Å². The zero-order valence-corrected chi connectivity index (χ0v) is 12.5. The topological polar surface area (TPSA) is 38.8 Å². The van der Waals surface area contributed by atoms with E-state index in [0.29, 0.717) is 5.56 Å². The maximum atomic E-state index is 11.8. The van der Waals surface area contributed by atoms with Crippen LogP contribution in [0, 0.1) is 0 Å². The van der Waals surface area contributed by atoms with E-state index in [1.165, 1.54) is 7.11 Å². The highest BCUT2D eigenvalue weighted by Gasteiger charge is 2.31. The minimum atomic E-state index is -0.271. The van der Waals surface area contributed by atoms with Crippen molar-refractivity contribution in [2.24, 2.45) is 0 Å². The number of likely N-dealkylation sites (tertiary alicyclic amines) is 1. The number of hydrogen-bond donors (Lipinski definition) is 0. The van der Waals surface area contributed by atoms with Crippen LogP contribution in [0.1, 0.15) is 35.7 Å². The van der Waals surface area contributed by atoms with Gasteiger partial charge in [-0.1, -0.05) is 18.2 Å². The number of ether oxygens (including phenoxy) is 2. The molecule has 1 aromatic rings. The lowest BCUT2D eigenvalue weighted by molar-refractivity contribution is -0.0527. The number of nitrogens with zero attached hydrogens (tertiary/aromatic N) is 1. The maximum absolute atomic E-state index is 11.8. The van der Waals surface area contributed by atoms with Gasteiger partial charge in [-0.3, -0.25) is 4.90 Å². The Kier molecular flexibility index (Phi) is 4.78. The average molecular weight is 277 g/mol. The third-order valence-corrected chi connectivity index (χ3v) is 4.05. The predicted molar refractivity (Wildman–Crippen MR) is 77.7 cm³/mol. The van der Waals surface area contributed by atoms with Crippen molar-refractivity contribution in [1.29, 1.82) is 0 Å². The molecule has 0 saturated carbocycles. The quantitative estimate of drug-likeness (QED) is 0.793. The van der Waals surface area contributed by atoms with E-state index in [1.807, 2.05) is 24.3 Å². The van der Waals surface area contributed by atoms with Crippen LogP contribution in [0.15, 0.2) is 24.3 Å². The lowest BCUT2D eigenvalue weighted by Crippen LogP contribution is -2.47. The second-order valence-electron chi connectivity index (χ2n) is 5.62. The van der Waals surface area contributed by atoms with Crippen LogP contribution in [-0.2, 0) is 16.0 Å². The molecule has 4 nitrogen and oxygen atoms in total. The summed E-state index contributed by atoms with van der Waals surface area (Å²) < 4.78 is 10.5. The fraction of sp³-hybridized carbons (Fsp3) is 0.562. The molecule has 1 aromatic carbocycles. The van der Waals surface area contributed by atoms with Gasteiger partial charge in [0.25, 0.3) is 0 Å². The fourth-order valence-electron chi connectivity index (χ4n) is 2.82. The van der Waals surface area contributed by atoms with Gasteiger partial charge < -0.3 is 9.47 Å². The summed E-state index contributed by atoms with van der Waals surface area (Å²) in [4.78, 5) is 14.1. The molecule has 110 valence electrons. The van der Waals surface area contributed by atoms with Gasteiger partial charge in [0.1, 0.15) is 0 Å². The number of esters is 1. The highest BCUT2D eigenvalue weighted by Crippen LogP contribution is 2.25. The molecule has 0 amide bonds. The van der Waals surface area contributed by atoms with E-state index in [2.05, 4.69) is 11.8 Å². The molecule has 0 aromatic heterocycles. The van der Waals surface area contributed by atoms with E-state index in [4.69, 9.17) is 9.47 Å². The van der Waals surface area contributed by atoms with Crippen LogP contribution < -0.4 is 0 Å². The smallest absolute Gasteiger partial charge is 0.338 e. The van der Waals surface area contributed by atoms with Crippen LogP contribution in [0.2, 0.25) is 0 Å². The average Bonchev–Trinajstić information content (AvgIpc) is 2.47. The second-order valence-corrected chi connectivity index (χ2v) is 5.62. The first kappa shape index (κ1) is 15.0. The van der Waals surface area contributed by atoms with E-state index in [1.54, 1.807) is 7.11 Å². The molecule has 1 aliphatic heterocycles. The van der Waals surface area contributed by atoms with Crippen LogP contribution in [0.4, 0.5) is 0 Å². The van der Waals surface area contributed by atoms with Crippen LogP contribution in [0.3, 0.4) is 0 Å². The minimum Gasteiger partial charge on any atom is -0.465 e. The molecule has 1 saturated heterocycles. The third kappa shape index (κ3) is 3.38. The normalized spacial score (nSPS) is 23.6. The number of methoxy groups -OCH3 is 2. The molecule has 0 spiro atoms. The van der Waals surface area contributed by atoms with Gasteiger partial charge in [0.15, 0.2) is 0 Å². The van der Waals surface area contributed by atoms with E-state index >= 15 is 0 Å². The zero-order valence-electron chi connectivity index (χ0n) is 12.5. The molecule has 1 unspecified atom stereocenters. The summed E-state index contributed by atoms with van der Waals surface area (Å²) in [6.45, 7) is 4.82. The fourth-order valence-corrected chi connectivity index (χ4v) is 2.82. The monoisotopic (exact) mass is 277 g/mol. The van der Waals surface area contributed by atoms with Gasteiger partial charge >= 0.3 is 5.97 Å². The minimum absolute atomic E-state index is 0.0849. The number of carbonyl (C=O) groups is 1. The number of rotatable bonds is 4. The molecule has 0 bridgehead atoms. The van der Waals surface area contributed by atoms with Crippen molar-refractivity contribution < 1.29 is 14.3 Å². The first-order chi connectivity index (χ1) is 9.58. The van der Waals surface area contributed by atoms with Crippen molar-refractivity contribution >= 4 is 5.97 Å². The Morgan fingerprint density at radius 1 is 1.35 bits per heavy atom. The Morgan fingerprint density at radius 3 is 2.80 bits per heavy atom. The second kappa shape index (κ2) is 6.37. The summed E-state index contributed by atoms with van der Waals surface area (Å²) >= 11 is 0. The molecular weight excluding hydrogens is 254 g/mol. The first-order valence-electron chi connectivity index (χ1n) is 7.02. The number of hydrogen-bond acceptors (Lipinski definition) is 4. The van der Waals surface area contributed by atoms with Crippen LogP contribution in [-0.4, -0.2) is 43.8 Å². The number of benzene rings is 1. The van der Waals surface area contributed by atoms with Crippen molar-refractivity contribution in [1.82, 2.24) is 4.90 Å². The molecule has 4 heteroatoms. The van der Waals surface area contributed by atoms with Gasteiger partial charge in [-0.25, -0.2) is 4.79 Å². The summed E-state index contributed by atoms with van der Waals surface area (Å²) in [5, 5.41) is 0. The van der Waals surface area contributed by atoms with Crippen LogP contribution in [0.25, 0.3) is 0 Å². The molecule has 1 fully saturated rings. The van der Waals surface area contributed by atoms with E-state index in [-0.39, 0.29) is 11.6 Å². The van der Waals surface area contributed by atoms with Gasteiger partial charge in [0.05, 0.1) is 18.3 Å². The largest absolute Gasteiger partial charge is 0.465 e. The van der Waals surface area contributed by atoms with Gasteiger partial charge in [-0.15, -0.1) is 0 Å². The highest BCUT2D eigenvalue weighted by atomic mass is 16.5. The predicted octanol–water partition coefficient (Wildman–Crippen LogP) is 2.47. The van der Waals surface area contributed by atoms with E-state index < -0.39 is 0 Å². The van der Waals surface area contributed by atoms with Gasteiger partial charge in [0, 0.05) is 20.2 Å². The molecule has 1 atom stereocenters. The van der Waals surface area contributed by atoms with Gasteiger partial charge in [-0.05, 0) is 37.9 Å². The Bertz CT molecular complexity index is 475. The van der Waals surface area contributed by atoms with Crippen molar-refractivity contribution in [3.63, 3.8) is 0 Å². The molecule has 0 radical (unpaired) electrons. The summed E-state index contributed by atoms with van der Waals surface area (Å²) in [5.41, 5.74) is 1.58. The molecule has 0 N–H and O–H groups in total. The first-order valence-corrected chi connectivity index (χ1v) is 7.02. The molecular formula is C16H23NO3. The molecule has 2 rings (SSSR count). The molecule has 0 aliphatic carbocycles. The zero-order chi connectivity index (χ0) is 14.6. The summed E-state index contributed by atoms with van der Waals surface area (Å²) in [7, 11) is 3.19. The molecule has 1 aliphatic rings. The lowest BCUT2D eigenvalue weighted by atomic mass is 9.94. The summed E-state index contributed by atoms with van der Waals surface area (Å²) in [6, 6.07) is 7.64. The van der Waals surface area contributed by atoms with Crippen molar-refractivity contribution in [3.05, 3.63) is 35.4 Å². The number of carbonyl (C=O) groups excluding carboxylic acids is 1. The van der Waals surface area contributed by atoms with E-state index in [9.17, 15) is 4.79 Å². The third-order valence-electron chi connectivity index (χ3n) is 4.05. The Hall–Kier alpha value is -1.39. The lowest BCUT2D eigenvalue weighted by Gasteiger charge is -2.39. The van der Waals surface area contributed by atoms with Crippen LogP contribution in [0.5, 0.6) is 0 Å². The summed E-state index contributed by atoms with van der Waals surface area (Å²) in [5.74, 6) is -0.271.